The molecule has 1 rings (SSSR count). The molecule has 0 spiro atoms. The Morgan fingerprint density at radius 1 is 0.696 bits per heavy atom. The van der Waals surface area contributed by atoms with E-state index in [2.05, 4.69) is 37.2 Å². The third-order valence-corrected chi connectivity index (χ3v) is 11.0. The standard InChI is InChI=1S/C43H68N12O13S/c1-5-24(2)38(43(68)52-28(13-14-32(45)58)41(66)53-30(39(47)64)20-26(44)15-17-56)54-42(67)31(19-25-9-11-27(57)12-10-25)51-35(61)22-48-34(60)7-6-8-37(63)55(3)23-36(62)50-29(16-18-69-4)40(65)49-21-33(46)59/h9-12,24,28-31,38,44,56-57H,5-8,13-23H2,1-4H3,(H2,45,58)(H2,46,59)(H2,47,64)(H,48,60)(H,49,65)(H,50,62)(H,51,61)(H,52,68)(H,53,66)(H,54,67). The van der Waals surface area contributed by atoms with Crippen LogP contribution < -0.4 is 54.4 Å². The van der Waals surface area contributed by atoms with Crippen LogP contribution in [0.3, 0.4) is 0 Å². The van der Waals surface area contributed by atoms with Crippen molar-refractivity contribution in [2.24, 2.45) is 23.1 Å². The zero-order valence-corrected chi connectivity index (χ0v) is 40.2. The molecule has 384 valence electrons. The summed E-state index contributed by atoms with van der Waals surface area (Å²) in [5.41, 5.74) is 16.2. The largest absolute Gasteiger partial charge is 0.508 e. The van der Waals surface area contributed by atoms with Crippen LogP contribution in [0.1, 0.15) is 77.2 Å². The fourth-order valence-corrected chi connectivity index (χ4v) is 6.75. The number of aromatic hydroxyl groups is 1. The Balaban J connectivity index is 3.04. The van der Waals surface area contributed by atoms with Crippen molar-refractivity contribution in [3.63, 3.8) is 0 Å². The van der Waals surface area contributed by atoms with Crippen LogP contribution in [-0.4, -0.2) is 161 Å². The number of nitrogens with one attached hydrogen (secondary N) is 8. The first-order valence-electron chi connectivity index (χ1n) is 22.1. The SMILES string of the molecule is CCC(C)C(NC(=O)C(Cc1ccc(O)cc1)NC(=O)CNC(=O)CCCC(=O)N(C)CC(=O)NC(CCSC)C(=O)NCC(N)=O)C(=O)NC(CCC(N)=O)C(=O)NC(CC(=N)CCO)C(N)=O. The molecule has 0 heterocycles. The van der Waals surface area contributed by atoms with Crippen molar-refractivity contribution in [1.82, 2.24) is 42.1 Å². The van der Waals surface area contributed by atoms with E-state index >= 15 is 0 Å². The van der Waals surface area contributed by atoms with Crippen LogP contribution in [0, 0.1) is 11.3 Å². The highest BCUT2D eigenvalue weighted by molar-refractivity contribution is 7.98. The normalized spacial score (nSPS) is 13.3. The Bertz CT molecular complexity index is 1970. The fourth-order valence-electron chi connectivity index (χ4n) is 6.28. The van der Waals surface area contributed by atoms with E-state index in [9.17, 15) is 57.8 Å². The predicted molar refractivity (Wildman–Crippen MR) is 252 cm³/mol. The summed E-state index contributed by atoms with van der Waals surface area (Å²) in [5, 5.41) is 44.2. The van der Waals surface area contributed by atoms with E-state index < -0.39 is 121 Å². The van der Waals surface area contributed by atoms with Gasteiger partial charge in [0.25, 0.3) is 0 Å². The number of hydrogen-bond donors (Lipinski definition) is 13. The van der Waals surface area contributed by atoms with Gasteiger partial charge in [0.05, 0.1) is 19.6 Å². The first-order chi connectivity index (χ1) is 32.5. The maximum atomic E-state index is 14.0. The molecule has 0 fully saturated rings. The summed E-state index contributed by atoms with van der Waals surface area (Å²) in [7, 11) is 1.36. The number of carbonyl (C=O) groups is 11. The van der Waals surface area contributed by atoms with Gasteiger partial charge in [-0.25, -0.2) is 0 Å². The molecular formula is C43H68N12O13S. The second-order valence-corrected chi connectivity index (χ2v) is 17.1. The first-order valence-corrected chi connectivity index (χ1v) is 23.5. The number of phenols is 1. The van der Waals surface area contributed by atoms with Gasteiger partial charge in [0, 0.05) is 57.9 Å². The average Bonchev–Trinajstić information content (AvgIpc) is 3.28. The number of aliphatic hydroxyl groups excluding tert-OH is 1. The summed E-state index contributed by atoms with van der Waals surface area (Å²) >= 11 is 1.44. The van der Waals surface area contributed by atoms with E-state index in [1.165, 1.54) is 43.1 Å². The van der Waals surface area contributed by atoms with Gasteiger partial charge in [0.1, 0.15) is 36.0 Å². The molecule has 1 aromatic rings. The molecule has 0 bridgehead atoms. The van der Waals surface area contributed by atoms with Crippen molar-refractivity contribution in [2.75, 3.05) is 45.3 Å². The van der Waals surface area contributed by atoms with Crippen LogP contribution in [0.25, 0.3) is 0 Å². The lowest BCUT2D eigenvalue weighted by Crippen LogP contribution is -2.60. The molecule has 0 radical (unpaired) electrons. The van der Waals surface area contributed by atoms with Crippen molar-refractivity contribution in [3.05, 3.63) is 29.8 Å². The van der Waals surface area contributed by atoms with Crippen molar-refractivity contribution >= 4 is 82.5 Å². The summed E-state index contributed by atoms with van der Waals surface area (Å²) < 4.78 is 0. The minimum Gasteiger partial charge on any atom is -0.508 e. The molecular weight excluding hydrogens is 925 g/mol. The second-order valence-electron chi connectivity index (χ2n) is 16.1. The predicted octanol–water partition coefficient (Wildman–Crippen LogP) is -3.95. The summed E-state index contributed by atoms with van der Waals surface area (Å²) in [6.45, 7) is 1.55. The highest BCUT2D eigenvalue weighted by Crippen LogP contribution is 2.14. The lowest BCUT2D eigenvalue weighted by atomic mass is 9.96. The number of benzene rings is 1. The summed E-state index contributed by atoms with van der Waals surface area (Å²) in [4.78, 5) is 141. The van der Waals surface area contributed by atoms with Crippen LogP contribution in [0.4, 0.5) is 0 Å². The summed E-state index contributed by atoms with van der Waals surface area (Å²) in [5.74, 6) is -8.57. The number of amides is 11. The Morgan fingerprint density at radius 2 is 1.30 bits per heavy atom. The lowest BCUT2D eigenvalue weighted by molar-refractivity contribution is -0.136. The molecule has 0 saturated heterocycles. The number of nitrogens with two attached hydrogens (primary N) is 3. The molecule has 25 nitrogen and oxygen atoms in total. The highest BCUT2D eigenvalue weighted by atomic mass is 32.2. The minimum absolute atomic E-state index is 0.0289. The van der Waals surface area contributed by atoms with E-state index in [0.29, 0.717) is 17.7 Å². The second kappa shape index (κ2) is 32.0. The number of rotatable bonds is 34. The third-order valence-electron chi connectivity index (χ3n) is 10.4. The van der Waals surface area contributed by atoms with Crippen LogP contribution >= 0.6 is 11.8 Å². The maximum Gasteiger partial charge on any atom is 0.243 e. The number of phenolic OH excluding ortho intramolecular Hbond substituents is 1. The zero-order chi connectivity index (χ0) is 52.2. The monoisotopic (exact) mass is 992 g/mol. The number of carbonyl (C=O) groups excluding carboxylic acids is 11. The van der Waals surface area contributed by atoms with Crippen molar-refractivity contribution < 1.29 is 63.0 Å². The van der Waals surface area contributed by atoms with E-state index in [0.717, 1.165) is 4.90 Å². The van der Waals surface area contributed by atoms with Crippen molar-refractivity contribution in [2.45, 2.75) is 108 Å². The molecule has 16 N–H and O–H groups in total. The Hall–Kier alpha value is -6.83. The van der Waals surface area contributed by atoms with Gasteiger partial charge in [-0.3, -0.25) is 52.7 Å². The van der Waals surface area contributed by atoms with Gasteiger partial charge in [-0.15, -0.1) is 0 Å². The van der Waals surface area contributed by atoms with Gasteiger partial charge >= 0.3 is 0 Å². The molecule has 0 aliphatic rings. The minimum atomic E-state index is -1.48. The van der Waals surface area contributed by atoms with Gasteiger partial charge in [-0.2, -0.15) is 11.8 Å². The average molecular weight is 993 g/mol. The maximum absolute atomic E-state index is 14.0. The Labute approximate surface area is 404 Å². The molecule has 0 saturated carbocycles. The van der Waals surface area contributed by atoms with Crippen LogP contribution in [0.5, 0.6) is 5.75 Å². The van der Waals surface area contributed by atoms with E-state index in [4.69, 9.17) is 27.7 Å². The molecule has 69 heavy (non-hydrogen) atoms. The number of likely N-dealkylation sites (N-methyl/N-ethyl adjacent to an activating group) is 1. The summed E-state index contributed by atoms with van der Waals surface area (Å²) in [6.07, 6.45) is 0.779. The number of primary amides is 3. The van der Waals surface area contributed by atoms with E-state index in [-0.39, 0.29) is 75.9 Å². The van der Waals surface area contributed by atoms with E-state index in [1.807, 2.05) is 6.26 Å². The van der Waals surface area contributed by atoms with Gasteiger partial charge in [-0.05, 0) is 54.9 Å². The number of aliphatic hydroxyl groups is 1. The third kappa shape index (κ3) is 24.7. The van der Waals surface area contributed by atoms with Crippen LogP contribution in [-0.2, 0) is 59.2 Å². The topological polar surface area (TPSA) is 418 Å². The molecule has 1 aromatic carbocycles. The zero-order valence-electron chi connectivity index (χ0n) is 39.4. The van der Waals surface area contributed by atoms with Crippen LogP contribution in [0.2, 0.25) is 0 Å². The van der Waals surface area contributed by atoms with Gasteiger partial charge in [0.2, 0.25) is 65.0 Å². The van der Waals surface area contributed by atoms with Crippen LogP contribution in [0.15, 0.2) is 24.3 Å². The highest BCUT2D eigenvalue weighted by Gasteiger charge is 2.34. The van der Waals surface area contributed by atoms with Gasteiger partial charge < -0.3 is 74.9 Å². The number of nitrogens with zero attached hydrogens (tertiary/aromatic N) is 1. The lowest BCUT2D eigenvalue weighted by Gasteiger charge is -2.29. The Morgan fingerprint density at radius 3 is 1.88 bits per heavy atom. The Kier molecular flexibility index (Phi) is 27.9. The van der Waals surface area contributed by atoms with Crippen molar-refractivity contribution in [3.8, 4) is 5.75 Å². The quantitative estimate of drug-likeness (QED) is 0.0293. The number of thioether (sulfide) groups is 1. The van der Waals surface area contributed by atoms with Gasteiger partial charge in [0.15, 0.2) is 0 Å². The van der Waals surface area contributed by atoms with E-state index in [1.54, 1.807) is 13.8 Å². The summed E-state index contributed by atoms with van der Waals surface area (Å²) in [6, 6.07) is -0.850. The molecule has 6 atom stereocenters. The molecule has 11 amide bonds. The first kappa shape index (κ1) is 60.2. The fraction of sp³-hybridized carbons (Fsp3) is 0.581. The smallest absolute Gasteiger partial charge is 0.243 e. The molecule has 0 aromatic heterocycles. The molecule has 0 aliphatic carbocycles. The molecule has 26 heteroatoms. The number of hydrogen-bond acceptors (Lipinski definition) is 15. The van der Waals surface area contributed by atoms with Gasteiger partial charge in [-0.1, -0.05) is 32.4 Å². The molecule has 6 unspecified atom stereocenters. The van der Waals surface area contributed by atoms with Crippen molar-refractivity contribution in [1.29, 1.82) is 5.41 Å². The molecule has 0 aliphatic heterocycles.